The number of hydrogen-bond donors (Lipinski definition) is 3. The van der Waals surface area contributed by atoms with Crippen LogP contribution in [0.2, 0.25) is 0 Å². The molecule has 1 aliphatic rings. The number of rotatable bonds is 2. The molecule has 0 radical (unpaired) electrons. The van der Waals surface area contributed by atoms with Gasteiger partial charge in [0.1, 0.15) is 0 Å². The Labute approximate surface area is 63.9 Å². The van der Waals surface area contributed by atoms with Crippen molar-refractivity contribution in [1.29, 1.82) is 0 Å². The van der Waals surface area contributed by atoms with Crippen molar-refractivity contribution in [2.45, 2.75) is 6.42 Å². The molecular weight excluding hydrogens is 148 g/mol. The van der Waals surface area contributed by atoms with Crippen LogP contribution in [0.4, 0.5) is 0 Å². The molecule has 0 aliphatic carbocycles. The van der Waals surface area contributed by atoms with E-state index in [0.717, 1.165) is 22.8 Å². The molecule has 0 saturated carbocycles. The van der Waals surface area contributed by atoms with Crippen molar-refractivity contribution in [2.75, 3.05) is 5.75 Å². The second-order valence-electron chi connectivity index (χ2n) is 1.91. The fraction of sp³-hybridized carbons (Fsp3) is 0.333. The van der Waals surface area contributed by atoms with Gasteiger partial charge in [0.05, 0.1) is 5.70 Å². The molecule has 0 fully saturated rings. The molecule has 0 aromatic carbocycles. The number of hydroxylamine groups is 1. The normalized spacial score (nSPS) is 18.9. The van der Waals surface area contributed by atoms with E-state index in [2.05, 4.69) is 5.48 Å². The Morgan fingerprint density at radius 2 is 2.50 bits per heavy atom. The number of nitrogens with two attached hydrogens (primary N) is 1. The third kappa shape index (κ3) is 1.46. The number of hydrogen-bond acceptors (Lipinski definition) is 4. The van der Waals surface area contributed by atoms with Gasteiger partial charge in [0.25, 0.3) is 0 Å². The van der Waals surface area contributed by atoms with Gasteiger partial charge in [0.2, 0.25) is 0 Å². The predicted molar refractivity (Wildman–Crippen MR) is 42.4 cm³/mol. The van der Waals surface area contributed by atoms with Crippen molar-refractivity contribution in [3.8, 4) is 0 Å². The minimum absolute atomic E-state index is 0.867. The van der Waals surface area contributed by atoms with Gasteiger partial charge in [-0.1, -0.05) is 0 Å². The van der Waals surface area contributed by atoms with E-state index < -0.39 is 0 Å². The zero-order chi connectivity index (χ0) is 7.40. The second kappa shape index (κ2) is 3.53. The molecule has 1 rings (SSSR count). The molecule has 4 N–H and O–H groups in total. The van der Waals surface area contributed by atoms with Crippen molar-refractivity contribution >= 4 is 11.8 Å². The summed E-state index contributed by atoms with van der Waals surface area (Å²) < 4.78 is 0. The highest BCUT2D eigenvalue weighted by Gasteiger charge is 2.11. The summed E-state index contributed by atoms with van der Waals surface area (Å²) in [4.78, 5) is 1.03. The largest absolute Gasteiger partial charge is 0.405 e. The Balaban J connectivity index is 2.68. The smallest absolute Gasteiger partial charge is 0.0520 e. The molecule has 0 atom stereocenters. The molecule has 0 aromatic rings. The van der Waals surface area contributed by atoms with Crippen LogP contribution in [0.5, 0.6) is 0 Å². The van der Waals surface area contributed by atoms with Gasteiger partial charge in [-0.25, -0.2) is 0 Å². The van der Waals surface area contributed by atoms with Crippen molar-refractivity contribution in [2.24, 2.45) is 5.73 Å². The molecule has 4 heteroatoms. The minimum Gasteiger partial charge on any atom is -0.405 e. The van der Waals surface area contributed by atoms with Gasteiger partial charge < -0.3 is 5.73 Å². The van der Waals surface area contributed by atoms with Crippen LogP contribution >= 0.6 is 11.8 Å². The number of nitrogens with one attached hydrogen (secondary N) is 1. The third-order valence-electron chi connectivity index (χ3n) is 1.29. The van der Waals surface area contributed by atoms with Gasteiger partial charge >= 0.3 is 0 Å². The molecule has 10 heavy (non-hydrogen) atoms. The standard InChI is InChI=1S/C6H10N2OS/c7-3-1-6-5(8-9)2-4-10-6/h1,3,8-9H,2,4,7H2/b3-1+. The first-order valence-electron chi connectivity index (χ1n) is 3.03. The molecule has 0 amide bonds. The van der Waals surface area contributed by atoms with Gasteiger partial charge in [0, 0.05) is 10.7 Å². The van der Waals surface area contributed by atoms with E-state index in [1.165, 1.54) is 6.20 Å². The monoisotopic (exact) mass is 158 g/mol. The summed E-state index contributed by atoms with van der Waals surface area (Å²) in [5.41, 5.74) is 8.21. The molecule has 0 spiro atoms. The summed E-state index contributed by atoms with van der Waals surface area (Å²) in [6, 6.07) is 0. The van der Waals surface area contributed by atoms with Crippen LogP contribution in [-0.4, -0.2) is 11.0 Å². The molecule has 3 nitrogen and oxygen atoms in total. The molecule has 56 valence electrons. The molecular formula is C6H10N2OS. The zero-order valence-corrected chi connectivity index (χ0v) is 6.32. The van der Waals surface area contributed by atoms with Gasteiger partial charge in [-0.2, -0.15) is 0 Å². The second-order valence-corrected chi connectivity index (χ2v) is 3.05. The quantitative estimate of drug-likeness (QED) is 0.520. The van der Waals surface area contributed by atoms with Crippen LogP contribution in [0.1, 0.15) is 6.42 Å². The fourth-order valence-electron chi connectivity index (χ4n) is 0.820. The Bertz CT molecular complexity index is 177. The van der Waals surface area contributed by atoms with E-state index >= 15 is 0 Å². The number of allylic oxidation sites excluding steroid dienone is 2. The highest BCUT2D eigenvalue weighted by molar-refractivity contribution is 8.03. The average Bonchev–Trinajstić information content (AvgIpc) is 2.36. The lowest BCUT2D eigenvalue weighted by molar-refractivity contribution is 0.197. The molecule has 0 unspecified atom stereocenters. The highest BCUT2D eigenvalue weighted by Crippen LogP contribution is 2.29. The third-order valence-corrected chi connectivity index (χ3v) is 2.39. The van der Waals surface area contributed by atoms with Gasteiger partial charge in [-0.05, 0) is 18.7 Å². The lowest BCUT2D eigenvalue weighted by Gasteiger charge is -1.97. The van der Waals surface area contributed by atoms with E-state index in [4.69, 9.17) is 10.9 Å². The van der Waals surface area contributed by atoms with Crippen molar-refractivity contribution in [3.63, 3.8) is 0 Å². The summed E-state index contributed by atoms with van der Waals surface area (Å²) in [6.07, 6.45) is 4.15. The van der Waals surface area contributed by atoms with Crippen LogP contribution in [0.15, 0.2) is 22.9 Å². The van der Waals surface area contributed by atoms with E-state index in [0.29, 0.717) is 0 Å². The first-order chi connectivity index (χ1) is 4.88. The topological polar surface area (TPSA) is 58.3 Å². The lowest BCUT2D eigenvalue weighted by atomic mass is 10.3. The van der Waals surface area contributed by atoms with Crippen LogP contribution < -0.4 is 11.2 Å². The maximum Gasteiger partial charge on any atom is 0.0520 e. The van der Waals surface area contributed by atoms with Gasteiger partial charge in [-0.3, -0.25) is 10.7 Å². The first-order valence-corrected chi connectivity index (χ1v) is 4.01. The number of thioether (sulfide) groups is 1. The van der Waals surface area contributed by atoms with Crippen molar-refractivity contribution in [1.82, 2.24) is 5.48 Å². The molecule has 0 aromatic heterocycles. The van der Waals surface area contributed by atoms with Crippen LogP contribution in [0, 0.1) is 0 Å². The molecule has 1 heterocycles. The minimum atomic E-state index is 0.867. The maximum absolute atomic E-state index is 8.57. The SMILES string of the molecule is N/C=C/C1=C(NO)CCS1. The first kappa shape index (κ1) is 7.50. The molecule has 0 saturated heterocycles. The Morgan fingerprint density at radius 3 is 3.10 bits per heavy atom. The summed E-state index contributed by atoms with van der Waals surface area (Å²) in [6.45, 7) is 0. The maximum atomic E-state index is 8.57. The van der Waals surface area contributed by atoms with Gasteiger partial charge in [-0.15, -0.1) is 11.8 Å². The summed E-state index contributed by atoms with van der Waals surface area (Å²) in [5.74, 6) is 1.02. The Hall–Kier alpha value is -0.610. The van der Waals surface area contributed by atoms with Crippen LogP contribution in [-0.2, 0) is 0 Å². The summed E-state index contributed by atoms with van der Waals surface area (Å²) in [7, 11) is 0. The van der Waals surface area contributed by atoms with E-state index in [1.807, 2.05) is 0 Å². The zero-order valence-electron chi connectivity index (χ0n) is 5.50. The highest BCUT2D eigenvalue weighted by atomic mass is 32.2. The van der Waals surface area contributed by atoms with Crippen molar-refractivity contribution < 1.29 is 5.21 Å². The van der Waals surface area contributed by atoms with Gasteiger partial charge in [0.15, 0.2) is 0 Å². The predicted octanol–water partition coefficient (Wildman–Crippen LogP) is 0.786. The van der Waals surface area contributed by atoms with Crippen molar-refractivity contribution in [3.05, 3.63) is 22.9 Å². The van der Waals surface area contributed by atoms with E-state index in [-0.39, 0.29) is 0 Å². The fourth-order valence-corrected chi connectivity index (χ4v) is 1.84. The lowest BCUT2D eigenvalue weighted by Crippen LogP contribution is -2.05. The summed E-state index contributed by atoms with van der Waals surface area (Å²) in [5, 5.41) is 8.57. The van der Waals surface area contributed by atoms with E-state index in [9.17, 15) is 0 Å². The van der Waals surface area contributed by atoms with E-state index in [1.54, 1.807) is 17.8 Å². The Morgan fingerprint density at radius 1 is 1.70 bits per heavy atom. The van der Waals surface area contributed by atoms with Crippen LogP contribution in [0.3, 0.4) is 0 Å². The Kier molecular flexibility index (Phi) is 2.65. The molecule has 0 bridgehead atoms. The average molecular weight is 158 g/mol. The summed E-state index contributed by atoms with van der Waals surface area (Å²) >= 11 is 1.69. The molecule has 1 aliphatic heterocycles. The van der Waals surface area contributed by atoms with Crippen LogP contribution in [0.25, 0.3) is 0 Å².